The van der Waals surface area contributed by atoms with Gasteiger partial charge in [0.1, 0.15) is 11.2 Å². The minimum Gasteiger partial charge on any atom is -0.455 e. The molecule has 0 saturated carbocycles. The summed E-state index contributed by atoms with van der Waals surface area (Å²) in [4.78, 5) is 0. The molecule has 0 spiro atoms. The van der Waals surface area contributed by atoms with E-state index in [2.05, 4.69) is 12.1 Å². The van der Waals surface area contributed by atoms with E-state index in [1.165, 1.54) is 0 Å². The van der Waals surface area contributed by atoms with Gasteiger partial charge in [0.15, 0.2) is 0 Å². The molecule has 11 aromatic rings. The van der Waals surface area contributed by atoms with E-state index in [9.17, 15) is 5.48 Å². The second kappa shape index (κ2) is 10.9. The fourth-order valence-corrected chi connectivity index (χ4v) is 8.06. The number of hydrogen-bond donors (Lipinski definition) is 0. The molecule has 0 amide bonds. The molecule has 1 heterocycles. The summed E-state index contributed by atoms with van der Waals surface area (Å²) >= 11 is 0. The normalized spacial score (nSPS) is 14.1. The summed E-state index contributed by atoms with van der Waals surface area (Å²) in [6.45, 7) is 0. The van der Waals surface area contributed by atoms with Crippen LogP contribution < -0.4 is 0 Å². The van der Waals surface area contributed by atoms with Crippen molar-refractivity contribution in [1.29, 1.82) is 0 Å². The van der Waals surface area contributed by atoms with Gasteiger partial charge in [0.25, 0.3) is 0 Å². The standard InChI is InChI=1S/C50H30O/c1-2-15-34-30-35(25-24-31(34)12-1)46-38-18-7-9-20-40(38)48(41-21-10-8-19-39(41)46)42-28-26-32-13-3-5-16-36(32)47(42)43-22-11-23-44-49-37-17-6-4-14-33(37)27-29-45(49)51-50(43)44/h1-30H/i7D,8D,9D,10D,18D,19D,20D,21D. The summed E-state index contributed by atoms with van der Waals surface area (Å²) < 4.78 is 81.0. The highest BCUT2D eigenvalue weighted by Crippen LogP contribution is 2.50. The van der Waals surface area contributed by atoms with Crippen LogP contribution in [0.5, 0.6) is 0 Å². The number of furan rings is 1. The molecule has 0 aliphatic carbocycles. The van der Waals surface area contributed by atoms with Gasteiger partial charge < -0.3 is 4.42 Å². The van der Waals surface area contributed by atoms with E-state index in [4.69, 9.17) is 9.90 Å². The van der Waals surface area contributed by atoms with Gasteiger partial charge in [-0.3, -0.25) is 0 Å². The summed E-state index contributed by atoms with van der Waals surface area (Å²) in [7, 11) is 0. The van der Waals surface area contributed by atoms with E-state index in [1.54, 1.807) is 0 Å². The van der Waals surface area contributed by atoms with Gasteiger partial charge in [0, 0.05) is 21.9 Å². The molecule has 0 saturated heterocycles. The molecule has 0 aliphatic heterocycles. The average molecular weight is 655 g/mol. The molecule has 11 rings (SSSR count). The first-order valence-electron chi connectivity index (χ1n) is 20.9. The van der Waals surface area contributed by atoms with Crippen molar-refractivity contribution in [3.8, 4) is 33.4 Å². The lowest BCUT2D eigenvalue weighted by Crippen LogP contribution is -1.94. The van der Waals surface area contributed by atoms with Gasteiger partial charge in [-0.05, 0) is 88.2 Å². The van der Waals surface area contributed by atoms with E-state index in [1.807, 2.05) is 121 Å². The Morgan fingerprint density at radius 1 is 0.373 bits per heavy atom. The third kappa shape index (κ3) is 4.16. The van der Waals surface area contributed by atoms with E-state index in [0.717, 1.165) is 48.7 Å². The average Bonchev–Trinajstić information content (AvgIpc) is 3.67. The lowest BCUT2D eigenvalue weighted by Gasteiger charge is -2.21. The van der Waals surface area contributed by atoms with Gasteiger partial charge in [0.2, 0.25) is 0 Å². The Bertz CT molecular complexity index is 3580. The van der Waals surface area contributed by atoms with Crippen LogP contribution in [0, 0.1) is 0 Å². The molecule has 236 valence electrons. The van der Waals surface area contributed by atoms with Crippen molar-refractivity contribution >= 4 is 75.8 Å². The zero-order valence-corrected chi connectivity index (χ0v) is 27.1. The SMILES string of the molecule is [2H]c1c([2H])c([2H])c2c(-c3ccc4ccccc4c3-c3cccc4c3oc3ccc5ccccc5c34)c3c([2H])c([2H])c([2H])c([2H])c3c(-c3ccc4ccccc4c3)c2c1[2H]. The summed E-state index contributed by atoms with van der Waals surface area (Å²) in [5, 5.41) is 8.25. The molecule has 0 aliphatic rings. The Labute approximate surface area is 305 Å². The molecular formula is C50H30O. The maximum Gasteiger partial charge on any atom is 0.143 e. The lowest BCUT2D eigenvalue weighted by molar-refractivity contribution is 0.670. The fraction of sp³-hybridized carbons (Fsp3) is 0. The number of rotatable bonds is 3. The van der Waals surface area contributed by atoms with Crippen LogP contribution in [-0.2, 0) is 0 Å². The van der Waals surface area contributed by atoms with Gasteiger partial charge in [0.05, 0.1) is 11.0 Å². The number of benzene rings is 10. The first-order chi connectivity index (χ1) is 28.6. The zero-order valence-electron chi connectivity index (χ0n) is 35.1. The lowest BCUT2D eigenvalue weighted by atomic mass is 9.82. The van der Waals surface area contributed by atoms with Crippen LogP contribution in [0.1, 0.15) is 11.0 Å². The van der Waals surface area contributed by atoms with E-state index in [-0.39, 0.29) is 51.3 Å². The van der Waals surface area contributed by atoms with Crippen LogP contribution in [0.25, 0.3) is 109 Å². The van der Waals surface area contributed by atoms with Gasteiger partial charge in [-0.25, -0.2) is 0 Å². The molecule has 51 heavy (non-hydrogen) atoms. The van der Waals surface area contributed by atoms with Crippen LogP contribution in [0.2, 0.25) is 0 Å². The second-order valence-corrected chi connectivity index (χ2v) is 13.0. The van der Waals surface area contributed by atoms with Gasteiger partial charge in [-0.1, -0.05) is 170 Å². The number of fused-ring (bicyclic) bond motifs is 9. The van der Waals surface area contributed by atoms with Gasteiger partial charge in [-0.2, -0.15) is 0 Å². The monoisotopic (exact) mass is 654 g/mol. The van der Waals surface area contributed by atoms with Crippen molar-refractivity contribution in [3.63, 3.8) is 0 Å². The highest BCUT2D eigenvalue weighted by Gasteiger charge is 2.23. The van der Waals surface area contributed by atoms with Gasteiger partial charge >= 0.3 is 0 Å². The van der Waals surface area contributed by atoms with Crippen molar-refractivity contribution in [2.45, 2.75) is 0 Å². The Hall–Kier alpha value is -6.70. The molecule has 1 heteroatoms. The fourth-order valence-electron chi connectivity index (χ4n) is 8.06. The predicted octanol–water partition coefficient (Wildman–Crippen LogP) is 14.4. The maximum absolute atomic E-state index is 9.62. The van der Waals surface area contributed by atoms with Crippen LogP contribution in [0.4, 0.5) is 0 Å². The Morgan fingerprint density at radius 3 is 1.69 bits per heavy atom. The second-order valence-electron chi connectivity index (χ2n) is 13.0. The van der Waals surface area contributed by atoms with E-state index >= 15 is 0 Å². The quantitative estimate of drug-likeness (QED) is 0.173. The maximum atomic E-state index is 9.62. The Kier molecular flexibility index (Phi) is 4.57. The number of para-hydroxylation sites is 1. The van der Waals surface area contributed by atoms with Crippen molar-refractivity contribution in [2.24, 2.45) is 0 Å². The first kappa shape index (κ1) is 21.4. The van der Waals surface area contributed by atoms with Crippen LogP contribution >= 0.6 is 0 Å². The summed E-state index contributed by atoms with van der Waals surface area (Å²) in [5.41, 5.74) is 4.49. The molecule has 0 unspecified atom stereocenters. The predicted molar refractivity (Wildman–Crippen MR) is 218 cm³/mol. The molecule has 10 aromatic carbocycles. The largest absolute Gasteiger partial charge is 0.455 e. The Balaban J connectivity index is 1.39. The molecule has 0 fully saturated rings. The molecule has 1 nitrogen and oxygen atoms in total. The van der Waals surface area contributed by atoms with E-state index < -0.39 is 24.2 Å². The molecule has 0 N–H and O–H groups in total. The highest BCUT2D eigenvalue weighted by atomic mass is 16.3. The third-order valence-corrected chi connectivity index (χ3v) is 10.3. The summed E-state index contributed by atoms with van der Waals surface area (Å²) in [5.74, 6) is 0. The molecule has 1 aromatic heterocycles. The van der Waals surface area contributed by atoms with Crippen LogP contribution in [0.15, 0.2) is 186 Å². The summed E-state index contributed by atoms with van der Waals surface area (Å²) in [6.07, 6.45) is 0. The smallest absolute Gasteiger partial charge is 0.143 e. The third-order valence-electron chi connectivity index (χ3n) is 10.3. The van der Waals surface area contributed by atoms with Crippen LogP contribution in [0.3, 0.4) is 0 Å². The molecular weight excluding hydrogens is 617 g/mol. The molecule has 0 bridgehead atoms. The highest BCUT2D eigenvalue weighted by molar-refractivity contribution is 6.26. The van der Waals surface area contributed by atoms with Crippen molar-refractivity contribution in [3.05, 3.63) is 182 Å². The minimum atomic E-state index is -0.443. The van der Waals surface area contributed by atoms with Gasteiger partial charge in [-0.15, -0.1) is 0 Å². The van der Waals surface area contributed by atoms with Crippen molar-refractivity contribution < 1.29 is 15.4 Å². The molecule has 0 atom stereocenters. The zero-order chi connectivity index (χ0) is 40.4. The minimum absolute atomic E-state index is 0.163. The topological polar surface area (TPSA) is 13.1 Å². The molecule has 0 radical (unpaired) electrons. The summed E-state index contributed by atoms with van der Waals surface area (Å²) in [6, 6.07) is 40.5. The Morgan fingerprint density at radius 2 is 0.941 bits per heavy atom. The number of hydrogen-bond acceptors (Lipinski definition) is 1. The van der Waals surface area contributed by atoms with Crippen LogP contribution in [-0.4, -0.2) is 0 Å². The van der Waals surface area contributed by atoms with E-state index in [0.29, 0.717) is 33.4 Å². The van der Waals surface area contributed by atoms with Crippen molar-refractivity contribution in [1.82, 2.24) is 0 Å². The van der Waals surface area contributed by atoms with Crippen molar-refractivity contribution in [2.75, 3.05) is 0 Å². The first-order valence-corrected chi connectivity index (χ1v) is 16.9.